The number of ether oxygens (including phenoxy) is 2. The molecule has 0 unspecified atom stereocenters. The number of fused-ring (bicyclic) bond motifs is 1. The first-order chi connectivity index (χ1) is 23.1. The second-order valence-corrected chi connectivity index (χ2v) is 15.2. The molecule has 13 nitrogen and oxygen atoms in total. The van der Waals surface area contributed by atoms with Crippen molar-refractivity contribution in [2.45, 2.75) is 117 Å². The second kappa shape index (κ2) is 14.5. The maximum absolute atomic E-state index is 16.6. The summed E-state index contributed by atoms with van der Waals surface area (Å²) >= 11 is 0. The summed E-state index contributed by atoms with van der Waals surface area (Å²) < 4.78 is 27.4. The Morgan fingerprint density at radius 3 is 2.16 bits per heavy atom. The first-order valence-electron chi connectivity index (χ1n) is 16.5. The van der Waals surface area contributed by atoms with E-state index in [0.29, 0.717) is 27.0 Å². The largest absolute Gasteiger partial charge is 0.465 e. The van der Waals surface area contributed by atoms with Crippen molar-refractivity contribution in [1.82, 2.24) is 20.2 Å². The van der Waals surface area contributed by atoms with Crippen LogP contribution in [0.4, 0.5) is 35.1 Å². The molecule has 5 amide bonds. The average Bonchev–Trinajstić information content (AvgIpc) is 3.46. The van der Waals surface area contributed by atoms with Crippen molar-refractivity contribution in [2.24, 2.45) is 0 Å². The first kappa shape index (κ1) is 37.8. The lowest BCUT2D eigenvalue weighted by Crippen LogP contribution is -2.53. The molecule has 4 N–H and O–H groups in total. The molecule has 2 aromatic heterocycles. The molecule has 0 radical (unpaired) electrons. The third kappa shape index (κ3) is 9.36. The number of pyridine rings is 2. The molecule has 1 aliphatic rings. The third-order valence-electron chi connectivity index (χ3n) is 8.12. The van der Waals surface area contributed by atoms with E-state index in [4.69, 9.17) is 9.47 Å². The molecule has 50 heavy (non-hydrogen) atoms. The summed E-state index contributed by atoms with van der Waals surface area (Å²) in [6.45, 7) is 14.9. The molecule has 14 heteroatoms. The average molecular weight is 695 g/mol. The lowest BCUT2D eigenvalue weighted by Gasteiger charge is -2.36. The fraction of sp³-hybridized carbons (Fsp3) is 0.500. The van der Waals surface area contributed by atoms with E-state index in [1.807, 2.05) is 0 Å². The number of carbonyl (C=O) groups excluding carboxylic acids is 3. The van der Waals surface area contributed by atoms with Gasteiger partial charge in [0, 0.05) is 41.1 Å². The zero-order chi connectivity index (χ0) is 37.2. The predicted octanol–water partition coefficient (Wildman–Crippen LogP) is 8.39. The van der Waals surface area contributed by atoms with Crippen LogP contribution < -0.4 is 16.0 Å². The zero-order valence-electron chi connectivity index (χ0n) is 30.1. The van der Waals surface area contributed by atoms with Crippen molar-refractivity contribution >= 4 is 46.6 Å². The maximum atomic E-state index is 16.6. The van der Waals surface area contributed by atoms with Gasteiger partial charge >= 0.3 is 24.3 Å². The summed E-state index contributed by atoms with van der Waals surface area (Å²) in [5.41, 5.74) is -1.74. The smallest absolute Gasteiger partial charge is 0.420 e. The Morgan fingerprint density at radius 1 is 0.920 bits per heavy atom. The topological polar surface area (TPSA) is 172 Å². The highest BCUT2D eigenvalue weighted by atomic mass is 19.1. The van der Waals surface area contributed by atoms with Crippen LogP contribution in [0.1, 0.15) is 92.2 Å². The summed E-state index contributed by atoms with van der Waals surface area (Å²) in [6, 6.07) is 2.82. The van der Waals surface area contributed by atoms with E-state index in [-0.39, 0.29) is 34.9 Å². The van der Waals surface area contributed by atoms with E-state index in [2.05, 4.69) is 25.9 Å². The van der Waals surface area contributed by atoms with Gasteiger partial charge in [-0.05, 0) is 110 Å². The number of imide groups is 1. The third-order valence-corrected chi connectivity index (χ3v) is 8.12. The van der Waals surface area contributed by atoms with Gasteiger partial charge in [0.15, 0.2) is 5.82 Å². The molecule has 0 bridgehead atoms. The highest BCUT2D eigenvalue weighted by Gasteiger charge is 2.40. The van der Waals surface area contributed by atoms with Gasteiger partial charge in [0.25, 0.3) is 0 Å². The van der Waals surface area contributed by atoms with Gasteiger partial charge < -0.3 is 19.9 Å². The van der Waals surface area contributed by atoms with E-state index in [0.717, 1.165) is 25.7 Å². The number of carboxylic acid groups (broad SMARTS) is 1. The highest BCUT2D eigenvalue weighted by molar-refractivity contribution is 6.04. The van der Waals surface area contributed by atoms with Gasteiger partial charge in [0.1, 0.15) is 17.0 Å². The van der Waals surface area contributed by atoms with Crippen molar-refractivity contribution in [3.63, 3.8) is 0 Å². The van der Waals surface area contributed by atoms with Crippen molar-refractivity contribution < 1.29 is 38.1 Å². The molecule has 0 saturated heterocycles. The number of halogens is 1. The number of anilines is 2. The summed E-state index contributed by atoms with van der Waals surface area (Å²) in [7, 11) is 0. The van der Waals surface area contributed by atoms with Crippen molar-refractivity contribution in [3.05, 3.63) is 47.7 Å². The Labute approximate surface area is 291 Å². The SMILES string of the molecule is Cc1c(CC(C)(C)N(C(=O)O)C(=O)OC(C)(C)C)cncc1-c1cc2cc(NC(=O)NC3CCCC3)ncc2c(NC(=O)OC(C)(C)C)c1F. The molecule has 270 valence electrons. The van der Waals surface area contributed by atoms with Crippen molar-refractivity contribution in [3.8, 4) is 11.1 Å². The van der Waals surface area contributed by atoms with Crippen LogP contribution in [0.15, 0.2) is 30.7 Å². The minimum Gasteiger partial charge on any atom is -0.465 e. The molecule has 1 aromatic carbocycles. The predicted molar refractivity (Wildman–Crippen MR) is 188 cm³/mol. The van der Waals surface area contributed by atoms with Crippen LogP contribution in [0.25, 0.3) is 21.9 Å². The van der Waals surface area contributed by atoms with Gasteiger partial charge in [-0.3, -0.25) is 15.6 Å². The van der Waals surface area contributed by atoms with Gasteiger partial charge in [-0.15, -0.1) is 0 Å². The summed E-state index contributed by atoms with van der Waals surface area (Å²) in [4.78, 5) is 60.1. The van der Waals surface area contributed by atoms with Gasteiger partial charge in [-0.25, -0.2) is 33.5 Å². The van der Waals surface area contributed by atoms with Gasteiger partial charge in [-0.1, -0.05) is 12.8 Å². The van der Waals surface area contributed by atoms with Crippen LogP contribution in [0.2, 0.25) is 0 Å². The Bertz CT molecular complexity index is 1790. The Balaban J connectivity index is 1.78. The molecular formula is C36H47FN6O7. The van der Waals surface area contributed by atoms with Crippen LogP contribution in [-0.4, -0.2) is 67.1 Å². The standard InChI is InChI=1S/C36H47FN6O7/c1-20-22(16-36(8,9)43(32(46)47)33(48)50-35(5,6)7)17-38-18-25(20)24-14-21-15-27(41-30(44)40-23-12-10-11-13-23)39-19-26(21)29(28(24)37)42-31(45)49-34(2,3)4/h14-15,17-19,23H,10-13,16H2,1-9H3,(H,42,45)(H,46,47)(H2,39,40,41,44). The van der Waals surface area contributed by atoms with Crippen LogP contribution >= 0.6 is 0 Å². The van der Waals surface area contributed by atoms with Crippen LogP contribution in [-0.2, 0) is 15.9 Å². The van der Waals surface area contributed by atoms with Crippen molar-refractivity contribution in [2.75, 3.05) is 10.6 Å². The Kier molecular flexibility index (Phi) is 10.9. The molecule has 0 spiro atoms. The van der Waals surface area contributed by atoms with Gasteiger partial charge in [-0.2, -0.15) is 0 Å². The quantitative estimate of drug-likeness (QED) is 0.189. The van der Waals surface area contributed by atoms with Crippen LogP contribution in [0, 0.1) is 12.7 Å². The lowest BCUT2D eigenvalue weighted by molar-refractivity contribution is 0.00788. The fourth-order valence-corrected chi connectivity index (χ4v) is 5.93. The number of hydrogen-bond donors (Lipinski definition) is 4. The molecular weight excluding hydrogens is 647 g/mol. The molecule has 1 saturated carbocycles. The highest BCUT2D eigenvalue weighted by Crippen LogP contribution is 2.38. The zero-order valence-corrected chi connectivity index (χ0v) is 30.1. The number of hydrogen-bond acceptors (Lipinski definition) is 8. The second-order valence-electron chi connectivity index (χ2n) is 15.2. The number of nitrogens with one attached hydrogen (secondary N) is 3. The summed E-state index contributed by atoms with van der Waals surface area (Å²) in [5.74, 6) is -0.568. The number of urea groups is 1. The molecule has 4 rings (SSSR count). The minimum absolute atomic E-state index is 0.0253. The van der Waals surface area contributed by atoms with Crippen molar-refractivity contribution in [1.29, 1.82) is 0 Å². The molecule has 1 aliphatic carbocycles. The van der Waals surface area contributed by atoms with E-state index < -0.39 is 46.9 Å². The molecule has 3 aromatic rings. The minimum atomic E-state index is -1.49. The lowest BCUT2D eigenvalue weighted by atomic mass is 9.89. The normalized spacial score (nSPS) is 13.9. The first-order valence-corrected chi connectivity index (χ1v) is 16.5. The Hall–Kier alpha value is -5.01. The van der Waals surface area contributed by atoms with Gasteiger partial charge in [0.05, 0.1) is 11.2 Å². The number of benzene rings is 1. The number of rotatable bonds is 7. The summed E-state index contributed by atoms with van der Waals surface area (Å²) in [5, 5.41) is 18.9. The molecule has 0 atom stereocenters. The van der Waals surface area contributed by atoms with E-state index in [9.17, 15) is 24.3 Å². The van der Waals surface area contributed by atoms with E-state index in [1.165, 1.54) is 18.6 Å². The summed E-state index contributed by atoms with van der Waals surface area (Å²) in [6.07, 6.45) is 4.90. The van der Waals surface area contributed by atoms with Gasteiger partial charge in [0.2, 0.25) is 0 Å². The Morgan fingerprint density at radius 2 is 1.56 bits per heavy atom. The molecule has 0 aliphatic heterocycles. The molecule has 2 heterocycles. The number of nitrogens with zero attached hydrogens (tertiary/aromatic N) is 3. The molecule has 1 fully saturated rings. The number of carbonyl (C=O) groups is 4. The van der Waals surface area contributed by atoms with E-state index in [1.54, 1.807) is 74.4 Å². The number of amides is 5. The van der Waals surface area contributed by atoms with E-state index >= 15 is 4.39 Å². The monoisotopic (exact) mass is 694 g/mol. The van der Waals surface area contributed by atoms with Crippen LogP contribution in [0.5, 0.6) is 0 Å². The fourth-order valence-electron chi connectivity index (χ4n) is 5.93. The van der Waals surface area contributed by atoms with Crippen LogP contribution in [0.3, 0.4) is 0 Å². The maximum Gasteiger partial charge on any atom is 0.420 e. The number of aromatic nitrogens is 2.